The standard InChI is InChI=1S/C28H24N2O5S/c1-4-16-8-10-17(11-9-16)24-23(25(31)18-6-5-7-19(14-18)34-2)26(32)27(33)30(24)28-29-21-13-12-20(35-3)15-22(21)36-28/h5-15,24,31H,4H2,1-3H3. The fourth-order valence-electron chi connectivity index (χ4n) is 4.33. The van der Waals surface area contributed by atoms with Crippen LogP contribution in [-0.4, -0.2) is 36.0 Å². The highest BCUT2D eigenvalue weighted by molar-refractivity contribution is 7.22. The lowest BCUT2D eigenvalue weighted by atomic mass is 9.94. The van der Waals surface area contributed by atoms with Crippen molar-refractivity contribution < 1.29 is 24.2 Å². The number of nitrogens with zero attached hydrogens (tertiary/aromatic N) is 2. The van der Waals surface area contributed by atoms with E-state index >= 15 is 0 Å². The number of fused-ring (bicyclic) bond motifs is 1. The van der Waals surface area contributed by atoms with Crippen LogP contribution in [0.4, 0.5) is 5.13 Å². The zero-order valence-corrected chi connectivity index (χ0v) is 20.8. The van der Waals surface area contributed by atoms with Crippen LogP contribution >= 0.6 is 11.3 Å². The molecule has 0 spiro atoms. The lowest BCUT2D eigenvalue weighted by Gasteiger charge is -2.23. The summed E-state index contributed by atoms with van der Waals surface area (Å²) in [5.41, 5.74) is 2.90. The van der Waals surface area contributed by atoms with Crippen molar-refractivity contribution in [3.8, 4) is 11.5 Å². The summed E-state index contributed by atoms with van der Waals surface area (Å²) < 4.78 is 11.4. The zero-order chi connectivity index (χ0) is 25.4. The van der Waals surface area contributed by atoms with Crippen LogP contribution in [0.25, 0.3) is 16.0 Å². The highest BCUT2D eigenvalue weighted by Gasteiger charge is 2.48. The summed E-state index contributed by atoms with van der Waals surface area (Å²) in [7, 11) is 3.11. The number of rotatable bonds is 6. The van der Waals surface area contributed by atoms with Gasteiger partial charge in [-0.3, -0.25) is 14.5 Å². The monoisotopic (exact) mass is 500 g/mol. The number of aromatic nitrogens is 1. The van der Waals surface area contributed by atoms with Crippen molar-refractivity contribution in [1.82, 2.24) is 4.98 Å². The molecule has 8 heteroatoms. The minimum atomic E-state index is -0.843. The smallest absolute Gasteiger partial charge is 0.301 e. The summed E-state index contributed by atoms with van der Waals surface area (Å²) in [6.45, 7) is 2.05. The van der Waals surface area contributed by atoms with E-state index in [9.17, 15) is 14.7 Å². The summed E-state index contributed by atoms with van der Waals surface area (Å²) in [5.74, 6) is -0.574. The van der Waals surface area contributed by atoms with Gasteiger partial charge in [0.15, 0.2) is 5.13 Å². The number of hydrogen-bond donors (Lipinski definition) is 1. The van der Waals surface area contributed by atoms with Crippen molar-refractivity contribution in [2.24, 2.45) is 0 Å². The highest BCUT2D eigenvalue weighted by atomic mass is 32.1. The van der Waals surface area contributed by atoms with Gasteiger partial charge in [-0.2, -0.15) is 0 Å². The Morgan fingerprint density at radius 2 is 1.72 bits per heavy atom. The summed E-state index contributed by atoms with van der Waals surface area (Å²) >= 11 is 1.29. The molecule has 1 fully saturated rings. The molecule has 1 atom stereocenters. The Morgan fingerprint density at radius 1 is 1.00 bits per heavy atom. The molecule has 7 nitrogen and oxygen atoms in total. The molecule has 0 radical (unpaired) electrons. The molecule has 1 amide bonds. The van der Waals surface area contributed by atoms with E-state index in [0.717, 1.165) is 16.7 Å². The van der Waals surface area contributed by atoms with Gasteiger partial charge in [-0.15, -0.1) is 0 Å². The zero-order valence-electron chi connectivity index (χ0n) is 20.0. The first kappa shape index (κ1) is 23.6. The Hall–Kier alpha value is -4.17. The third-order valence-electron chi connectivity index (χ3n) is 6.28. The van der Waals surface area contributed by atoms with Gasteiger partial charge in [0.1, 0.15) is 17.3 Å². The minimum Gasteiger partial charge on any atom is -0.507 e. The fraction of sp³-hybridized carbons (Fsp3) is 0.179. The molecule has 1 aliphatic heterocycles. The molecule has 0 bridgehead atoms. The number of anilines is 1. The minimum absolute atomic E-state index is 0.00865. The summed E-state index contributed by atoms with van der Waals surface area (Å²) in [5, 5.41) is 11.7. The topological polar surface area (TPSA) is 89.0 Å². The molecular weight excluding hydrogens is 476 g/mol. The van der Waals surface area contributed by atoms with E-state index in [4.69, 9.17) is 9.47 Å². The van der Waals surface area contributed by atoms with E-state index in [2.05, 4.69) is 11.9 Å². The Bertz CT molecular complexity index is 1510. The van der Waals surface area contributed by atoms with Gasteiger partial charge in [0.25, 0.3) is 5.78 Å². The molecule has 0 saturated carbocycles. The Balaban J connectivity index is 1.71. The molecule has 3 aromatic carbocycles. The predicted octanol–water partition coefficient (Wildman–Crippen LogP) is 5.50. The molecule has 1 unspecified atom stereocenters. The van der Waals surface area contributed by atoms with Crippen LogP contribution in [0.5, 0.6) is 11.5 Å². The van der Waals surface area contributed by atoms with Crippen LogP contribution in [-0.2, 0) is 16.0 Å². The van der Waals surface area contributed by atoms with Crippen molar-refractivity contribution in [1.29, 1.82) is 0 Å². The molecule has 1 N–H and O–H groups in total. The van der Waals surface area contributed by atoms with Gasteiger partial charge in [0.2, 0.25) is 0 Å². The Morgan fingerprint density at radius 3 is 2.42 bits per heavy atom. The number of carbonyl (C=O) groups is 2. The number of hydrogen-bond acceptors (Lipinski definition) is 7. The van der Waals surface area contributed by atoms with Crippen LogP contribution < -0.4 is 14.4 Å². The number of ether oxygens (including phenoxy) is 2. The van der Waals surface area contributed by atoms with Crippen molar-refractivity contribution in [2.75, 3.05) is 19.1 Å². The first-order valence-corrected chi connectivity index (χ1v) is 12.3. The molecule has 5 rings (SSSR count). The third kappa shape index (κ3) is 3.99. The first-order valence-electron chi connectivity index (χ1n) is 11.4. The number of benzene rings is 3. The van der Waals surface area contributed by atoms with E-state index in [1.54, 1.807) is 37.4 Å². The maximum absolute atomic E-state index is 13.4. The average Bonchev–Trinajstić information content (AvgIpc) is 3.45. The van der Waals surface area contributed by atoms with E-state index < -0.39 is 17.7 Å². The van der Waals surface area contributed by atoms with Crippen molar-refractivity contribution in [3.05, 3.63) is 89.0 Å². The van der Waals surface area contributed by atoms with E-state index in [1.807, 2.05) is 36.4 Å². The molecule has 0 aliphatic carbocycles. The van der Waals surface area contributed by atoms with E-state index in [0.29, 0.717) is 33.3 Å². The second-order valence-electron chi connectivity index (χ2n) is 8.33. The predicted molar refractivity (Wildman–Crippen MR) is 140 cm³/mol. The van der Waals surface area contributed by atoms with E-state index in [-0.39, 0.29) is 11.3 Å². The Labute approximate surface area is 212 Å². The molecule has 4 aromatic rings. The van der Waals surface area contributed by atoms with Gasteiger partial charge in [0, 0.05) is 5.56 Å². The average molecular weight is 501 g/mol. The van der Waals surface area contributed by atoms with Crippen LogP contribution in [0.15, 0.2) is 72.3 Å². The van der Waals surface area contributed by atoms with Gasteiger partial charge in [-0.05, 0) is 47.9 Å². The van der Waals surface area contributed by atoms with Gasteiger partial charge < -0.3 is 14.6 Å². The number of thiazole rings is 1. The van der Waals surface area contributed by atoms with Gasteiger partial charge in [-0.25, -0.2) is 4.98 Å². The second-order valence-corrected chi connectivity index (χ2v) is 9.34. The maximum atomic E-state index is 13.4. The van der Waals surface area contributed by atoms with Gasteiger partial charge in [-0.1, -0.05) is 54.7 Å². The van der Waals surface area contributed by atoms with Crippen molar-refractivity contribution in [2.45, 2.75) is 19.4 Å². The number of aliphatic hydroxyl groups excluding tert-OH is 1. The molecule has 1 aliphatic rings. The summed E-state index contributed by atoms with van der Waals surface area (Å²) in [4.78, 5) is 32.9. The second kappa shape index (κ2) is 9.47. The normalized spacial score (nSPS) is 17.1. The highest BCUT2D eigenvalue weighted by Crippen LogP contribution is 2.44. The number of ketones is 1. The van der Waals surface area contributed by atoms with Crippen molar-refractivity contribution in [3.63, 3.8) is 0 Å². The number of Topliss-reactive ketones (excluding diaryl/α,β-unsaturated/α-hetero) is 1. The number of amides is 1. The SMILES string of the molecule is CCc1ccc(C2C(=C(O)c3cccc(OC)c3)C(=O)C(=O)N2c2nc3ccc(OC)cc3s2)cc1. The van der Waals surface area contributed by atoms with Crippen LogP contribution in [0.2, 0.25) is 0 Å². The summed E-state index contributed by atoms with van der Waals surface area (Å²) in [6.07, 6.45) is 0.851. The molecule has 2 heterocycles. The van der Waals surface area contributed by atoms with Crippen molar-refractivity contribution >= 4 is 44.1 Å². The van der Waals surface area contributed by atoms with Crippen LogP contribution in [0.3, 0.4) is 0 Å². The lowest BCUT2D eigenvalue weighted by molar-refractivity contribution is -0.132. The summed E-state index contributed by atoms with van der Waals surface area (Å²) in [6, 6.07) is 19.1. The number of aliphatic hydroxyl groups is 1. The van der Waals surface area contributed by atoms with Crippen LogP contribution in [0, 0.1) is 0 Å². The maximum Gasteiger partial charge on any atom is 0.301 e. The van der Waals surface area contributed by atoms with Gasteiger partial charge in [0.05, 0.1) is 36.1 Å². The fourth-order valence-corrected chi connectivity index (χ4v) is 5.35. The first-order chi connectivity index (χ1) is 17.4. The quantitative estimate of drug-likeness (QED) is 0.214. The molecule has 36 heavy (non-hydrogen) atoms. The van der Waals surface area contributed by atoms with Crippen LogP contribution in [0.1, 0.15) is 29.7 Å². The number of aryl methyl sites for hydroxylation is 1. The van der Waals surface area contributed by atoms with E-state index in [1.165, 1.54) is 23.3 Å². The molecular formula is C28H24N2O5S. The lowest BCUT2D eigenvalue weighted by Crippen LogP contribution is -2.29. The molecule has 1 aromatic heterocycles. The molecule has 1 saturated heterocycles. The largest absolute Gasteiger partial charge is 0.507 e. The molecule has 182 valence electrons. The van der Waals surface area contributed by atoms with Gasteiger partial charge >= 0.3 is 5.91 Å². The number of methoxy groups -OCH3 is 2. The Kier molecular flexibility index (Phi) is 6.20. The number of carbonyl (C=O) groups excluding carboxylic acids is 2. The third-order valence-corrected chi connectivity index (χ3v) is 7.30.